The van der Waals surface area contributed by atoms with Crippen LogP contribution in [-0.4, -0.2) is 58.9 Å². The molecule has 11 heteroatoms. The van der Waals surface area contributed by atoms with Crippen LogP contribution in [0, 0.1) is 11.8 Å². The predicted molar refractivity (Wildman–Crippen MR) is 114 cm³/mol. The van der Waals surface area contributed by atoms with Crippen LogP contribution < -0.4 is 27.4 Å². The molecule has 5 atom stereocenters. The zero-order valence-electron chi connectivity index (χ0n) is 18.9. The zero-order chi connectivity index (χ0) is 24.3. The van der Waals surface area contributed by atoms with E-state index in [0.29, 0.717) is 12.8 Å². The lowest BCUT2D eigenvalue weighted by Crippen LogP contribution is -2.58. The highest BCUT2D eigenvalue weighted by molar-refractivity contribution is 5.94. The van der Waals surface area contributed by atoms with Crippen molar-refractivity contribution in [2.24, 2.45) is 23.3 Å². The topological polar surface area (TPSA) is 194 Å². The first kappa shape index (κ1) is 28.3. The monoisotopic (exact) mass is 443 g/mol. The third-order valence-electron chi connectivity index (χ3n) is 4.90. The molecule has 0 aromatic rings. The largest absolute Gasteiger partial charge is 0.480 e. The molecule has 0 aliphatic rings. The maximum Gasteiger partial charge on any atom is 0.325 e. The molecule has 0 rings (SSSR count). The van der Waals surface area contributed by atoms with Crippen LogP contribution in [0.1, 0.15) is 60.3 Å². The second-order valence-electron chi connectivity index (χ2n) is 8.24. The number of primary amides is 1. The van der Waals surface area contributed by atoms with Crippen molar-refractivity contribution >= 4 is 29.6 Å². The molecule has 0 bridgehead atoms. The lowest BCUT2D eigenvalue weighted by Gasteiger charge is -2.27. The number of nitrogens with one attached hydrogen (secondary N) is 3. The van der Waals surface area contributed by atoms with Crippen molar-refractivity contribution < 1.29 is 29.1 Å². The van der Waals surface area contributed by atoms with E-state index in [4.69, 9.17) is 16.6 Å². The molecule has 0 aliphatic carbocycles. The molecule has 0 heterocycles. The highest BCUT2D eigenvalue weighted by Crippen LogP contribution is 2.10. The van der Waals surface area contributed by atoms with Crippen molar-refractivity contribution in [1.82, 2.24) is 16.0 Å². The van der Waals surface area contributed by atoms with Gasteiger partial charge in [0.1, 0.15) is 18.1 Å². The number of carbonyl (C=O) groups is 5. The summed E-state index contributed by atoms with van der Waals surface area (Å²) in [7, 11) is 0. The summed E-state index contributed by atoms with van der Waals surface area (Å²) in [5.41, 5.74) is 11.0. The lowest BCUT2D eigenvalue weighted by molar-refractivity contribution is -0.142. The summed E-state index contributed by atoms with van der Waals surface area (Å²) in [4.78, 5) is 60.1. The van der Waals surface area contributed by atoms with Gasteiger partial charge in [-0.3, -0.25) is 24.0 Å². The van der Waals surface area contributed by atoms with E-state index in [1.165, 1.54) is 6.92 Å². The van der Waals surface area contributed by atoms with E-state index in [1.807, 2.05) is 20.8 Å². The number of carbonyl (C=O) groups excluding carboxylic acids is 4. The van der Waals surface area contributed by atoms with Crippen LogP contribution in [0.25, 0.3) is 0 Å². The van der Waals surface area contributed by atoms with Gasteiger partial charge in [0.05, 0.1) is 6.04 Å². The van der Waals surface area contributed by atoms with Gasteiger partial charge >= 0.3 is 5.97 Å². The first-order valence-corrected chi connectivity index (χ1v) is 10.5. The highest BCUT2D eigenvalue weighted by Gasteiger charge is 2.32. The lowest BCUT2D eigenvalue weighted by atomic mass is 9.97. The van der Waals surface area contributed by atoms with Crippen LogP contribution in [-0.2, 0) is 24.0 Å². The number of nitrogens with two attached hydrogens (primary N) is 2. The van der Waals surface area contributed by atoms with E-state index in [-0.39, 0.29) is 24.7 Å². The Morgan fingerprint density at radius 3 is 1.94 bits per heavy atom. The fourth-order valence-electron chi connectivity index (χ4n) is 2.77. The van der Waals surface area contributed by atoms with Crippen molar-refractivity contribution in [2.45, 2.75) is 84.5 Å². The van der Waals surface area contributed by atoms with E-state index in [1.54, 1.807) is 6.92 Å². The first-order valence-electron chi connectivity index (χ1n) is 10.5. The molecule has 0 aromatic heterocycles. The van der Waals surface area contributed by atoms with Crippen LogP contribution >= 0.6 is 0 Å². The van der Waals surface area contributed by atoms with Crippen molar-refractivity contribution in [1.29, 1.82) is 0 Å². The van der Waals surface area contributed by atoms with Gasteiger partial charge in [-0.15, -0.1) is 0 Å². The number of hydrogen-bond acceptors (Lipinski definition) is 6. The summed E-state index contributed by atoms with van der Waals surface area (Å²) in [5, 5.41) is 16.4. The fraction of sp³-hybridized carbons (Fsp3) is 0.750. The van der Waals surface area contributed by atoms with E-state index < -0.39 is 53.8 Å². The Labute approximate surface area is 183 Å². The SMILES string of the molecule is CCC(C)C(NC(=O)C(CCC(N)=O)NC(=O)C(N)CC(C)C)C(=O)NC(C)C(=O)O. The molecule has 178 valence electrons. The summed E-state index contributed by atoms with van der Waals surface area (Å²) in [5.74, 6) is -3.92. The molecule has 0 saturated heterocycles. The first-order chi connectivity index (χ1) is 14.3. The van der Waals surface area contributed by atoms with E-state index in [0.717, 1.165) is 0 Å². The molecule has 8 N–H and O–H groups in total. The number of hydrogen-bond donors (Lipinski definition) is 6. The average molecular weight is 444 g/mol. The summed E-state index contributed by atoms with van der Waals surface area (Å²) in [6.45, 7) is 8.65. The van der Waals surface area contributed by atoms with Gasteiger partial charge in [0.2, 0.25) is 23.6 Å². The molecule has 0 spiro atoms. The van der Waals surface area contributed by atoms with Crippen LogP contribution in [0.4, 0.5) is 0 Å². The van der Waals surface area contributed by atoms with E-state index in [9.17, 15) is 24.0 Å². The van der Waals surface area contributed by atoms with Gasteiger partial charge in [0.25, 0.3) is 0 Å². The van der Waals surface area contributed by atoms with Crippen LogP contribution in [0.3, 0.4) is 0 Å². The normalized spacial score (nSPS) is 15.8. The molecule has 0 radical (unpaired) electrons. The minimum Gasteiger partial charge on any atom is -0.480 e. The third-order valence-corrected chi connectivity index (χ3v) is 4.90. The second-order valence-corrected chi connectivity index (χ2v) is 8.24. The molecule has 4 amide bonds. The molecule has 0 aromatic carbocycles. The second kappa shape index (κ2) is 13.6. The van der Waals surface area contributed by atoms with Crippen LogP contribution in [0.5, 0.6) is 0 Å². The Hall–Kier alpha value is -2.69. The molecular weight excluding hydrogens is 406 g/mol. The molecule has 0 fully saturated rings. The van der Waals surface area contributed by atoms with Crippen molar-refractivity contribution in [2.75, 3.05) is 0 Å². The molecule has 0 saturated carbocycles. The summed E-state index contributed by atoms with van der Waals surface area (Å²) < 4.78 is 0. The standard InChI is InChI=1S/C20H37N5O6/c1-6-11(4)16(19(29)23-12(5)20(30)31)25-18(28)14(7-8-15(22)26)24-17(27)13(21)9-10(2)3/h10-14,16H,6-9,21H2,1-5H3,(H2,22,26)(H,23,29)(H,24,27)(H,25,28)(H,30,31). The zero-order valence-corrected chi connectivity index (χ0v) is 18.9. The van der Waals surface area contributed by atoms with Gasteiger partial charge in [0, 0.05) is 6.42 Å². The summed E-state index contributed by atoms with van der Waals surface area (Å²) >= 11 is 0. The van der Waals surface area contributed by atoms with Crippen LogP contribution in [0.15, 0.2) is 0 Å². The summed E-state index contributed by atoms with van der Waals surface area (Å²) in [6.07, 6.45) is 0.702. The fourth-order valence-corrected chi connectivity index (χ4v) is 2.77. The van der Waals surface area contributed by atoms with Crippen LogP contribution in [0.2, 0.25) is 0 Å². The van der Waals surface area contributed by atoms with Crippen molar-refractivity contribution in [3.05, 3.63) is 0 Å². The average Bonchev–Trinajstić information content (AvgIpc) is 2.67. The molecular formula is C20H37N5O6. The molecule has 0 aliphatic heterocycles. The van der Waals surface area contributed by atoms with Gasteiger partial charge < -0.3 is 32.5 Å². The highest BCUT2D eigenvalue weighted by atomic mass is 16.4. The van der Waals surface area contributed by atoms with E-state index in [2.05, 4.69) is 16.0 Å². The molecule has 5 unspecified atom stereocenters. The van der Waals surface area contributed by atoms with Crippen molar-refractivity contribution in [3.8, 4) is 0 Å². The Balaban J connectivity index is 5.46. The summed E-state index contributed by atoms with van der Waals surface area (Å²) in [6, 6.07) is -4.14. The number of aliphatic carboxylic acids is 1. The van der Waals surface area contributed by atoms with E-state index >= 15 is 0 Å². The van der Waals surface area contributed by atoms with Crippen molar-refractivity contribution in [3.63, 3.8) is 0 Å². The van der Waals surface area contributed by atoms with Gasteiger partial charge in [-0.25, -0.2) is 0 Å². The quantitative estimate of drug-likeness (QED) is 0.203. The predicted octanol–water partition coefficient (Wildman–Crippen LogP) is -0.770. The number of carboxylic acid groups (broad SMARTS) is 1. The third kappa shape index (κ3) is 10.8. The Kier molecular flexibility index (Phi) is 12.4. The minimum atomic E-state index is -1.21. The van der Waals surface area contributed by atoms with Gasteiger partial charge in [0.15, 0.2) is 0 Å². The van der Waals surface area contributed by atoms with Gasteiger partial charge in [-0.1, -0.05) is 34.1 Å². The maximum atomic E-state index is 12.9. The van der Waals surface area contributed by atoms with Gasteiger partial charge in [-0.2, -0.15) is 0 Å². The minimum absolute atomic E-state index is 0.0678. The molecule has 11 nitrogen and oxygen atoms in total. The Morgan fingerprint density at radius 1 is 0.903 bits per heavy atom. The number of rotatable bonds is 14. The Morgan fingerprint density at radius 2 is 1.48 bits per heavy atom. The maximum absolute atomic E-state index is 12.9. The van der Waals surface area contributed by atoms with Gasteiger partial charge in [-0.05, 0) is 31.6 Å². The number of amides is 4. The number of carboxylic acids is 1. The molecule has 31 heavy (non-hydrogen) atoms. The smallest absolute Gasteiger partial charge is 0.325 e. The Bertz CT molecular complexity index is 654.